The summed E-state index contributed by atoms with van der Waals surface area (Å²) >= 11 is 0. The van der Waals surface area contributed by atoms with E-state index in [1.807, 2.05) is 13.0 Å². The molecule has 0 spiro atoms. The molecule has 2 rings (SSSR count). The second kappa shape index (κ2) is 7.58. The highest BCUT2D eigenvalue weighted by Gasteiger charge is 2.41. The Balaban J connectivity index is 2.00. The Labute approximate surface area is 132 Å². The second-order valence-electron chi connectivity index (χ2n) is 6.09. The first-order valence-corrected chi connectivity index (χ1v) is 8.05. The molecule has 1 N–H and O–H groups in total. The largest absolute Gasteiger partial charge is 0.478 e. The van der Waals surface area contributed by atoms with Crippen LogP contribution in [0.3, 0.4) is 0 Å². The number of amides is 1. The number of methoxy groups -OCH3 is 1. The molecule has 1 amide bonds. The summed E-state index contributed by atoms with van der Waals surface area (Å²) < 4.78 is 11.0. The summed E-state index contributed by atoms with van der Waals surface area (Å²) in [5.74, 6) is 1.00. The first-order chi connectivity index (χ1) is 10.6. The highest BCUT2D eigenvalue weighted by molar-refractivity contribution is 5.97. The van der Waals surface area contributed by atoms with Crippen molar-refractivity contribution >= 4 is 11.6 Å². The fourth-order valence-electron chi connectivity index (χ4n) is 2.98. The van der Waals surface area contributed by atoms with Crippen molar-refractivity contribution in [2.45, 2.75) is 51.6 Å². The molecule has 5 heteroatoms. The normalized spacial score (nSPS) is 24.8. The Morgan fingerprint density at radius 2 is 2.32 bits per heavy atom. The van der Waals surface area contributed by atoms with Crippen LogP contribution >= 0.6 is 0 Å². The summed E-state index contributed by atoms with van der Waals surface area (Å²) in [4.78, 5) is 16.8. The molecule has 1 fully saturated rings. The van der Waals surface area contributed by atoms with Crippen molar-refractivity contribution in [2.24, 2.45) is 5.92 Å². The number of pyridine rings is 1. The van der Waals surface area contributed by atoms with Gasteiger partial charge in [0, 0.05) is 13.2 Å². The lowest BCUT2D eigenvalue weighted by molar-refractivity contribution is -0.143. The Morgan fingerprint density at radius 1 is 1.50 bits per heavy atom. The van der Waals surface area contributed by atoms with Crippen molar-refractivity contribution in [3.05, 3.63) is 18.3 Å². The number of nitrogens with one attached hydrogen (secondary N) is 1. The topological polar surface area (TPSA) is 60.5 Å². The molecule has 22 heavy (non-hydrogen) atoms. The fourth-order valence-corrected chi connectivity index (χ4v) is 2.98. The zero-order valence-electron chi connectivity index (χ0n) is 13.7. The van der Waals surface area contributed by atoms with E-state index in [9.17, 15) is 4.79 Å². The minimum absolute atomic E-state index is 0.0782. The molecular formula is C17H26N2O3. The maximum atomic E-state index is 12.6. The van der Waals surface area contributed by atoms with Crippen molar-refractivity contribution in [1.29, 1.82) is 0 Å². The lowest BCUT2D eigenvalue weighted by Crippen LogP contribution is -2.47. The van der Waals surface area contributed by atoms with Gasteiger partial charge in [-0.3, -0.25) is 4.79 Å². The van der Waals surface area contributed by atoms with Gasteiger partial charge in [-0.05, 0) is 37.7 Å². The van der Waals surface area contributed by atoms with E-state index in [0.717, 1.165) is 32.1 Å². The zero-order chi connectivity index (χ0) is 16.0. The monoisotopic (exact) mass is 306 g/mol. The smallest absolute Gasteiger partial charge is 0.256 e. The summed E-state index contributed by atoms with van der Waals surface area (Å²) in [6.07, 6.45) is 6.27. The predicted molar refractivity (Wildman–Crippen MR) is 86.0 cm³/mol. The number of aromatic nitrogens is 1. The van der Waals surface area contributed by atoms with Crippen molar-refractivity contribution in [3.8, 4) is 5.88 Å². The molecule has 1 aromatic heterocycles. The van der Waals surface area contributed by atoms with Gasteiger partial charge in [0.25, 0.3) is 5.91 Å². The van der Waals surface area contributed by atoms with Crippen LogP contribution in [0, 0.1) is 5.92 Å². The Bertz CT molecular complexity index is 489. The number of carbonyl (C=O) groups excluding carboxylic acids is 1. The number of hydrogen-bond donors (Lipinski definition) is 1. The molecule has 5 nitrogen and oxygen atoms in total. The van der Waals surface area contributed by atoms with E-state index in [1.165, 1.54) is 0 Å². The lowest BCUT2D eigenvalue weighted by Gasteiger charge is -2.37. The standard InChI is InChI=1S/C17H26N2O3/c1-4-10-22-15-8-7-14(12-18-15)19-16(20)17(21-3)9-5-6-13(2)11-17/h7-8,12-13H,4-6,9-11H2,1-3H3,(H,19,20)/t13-,17-/m0/s1. The van der Waals surface area contributed by atoms with Gasteiger partial charge in [-0.15, -0.1) is 0 Å². The highest BCUT2D eigenvalue weighted by atomic mass is 16.5. The summed E-state index contributed by atoms with van der Waals surface area (Å²) in [7, 11) is 1.62. The molecule has 122 valence electrons. The third kappa shape index (κ3) is 3.97. The van der Waals surface area contributed by atoms with Crippen LogP contribution in [-0.4, -0.2) is 30.2 Å². The molecule has 1 aromatic rings. The van der Waals surface area contributed by atoms with Crippen molar-refractivity contribution in [3.63, 3.8) is 0 Å². The van der Waals surface area contributed by atoms with Gasteiger partial charge >= 0.3 is 0 Å². The molecule has 2 atom stereocenters. The Morgan fingerprint density at radius 3 is 2.91 bits per heavy atom. The van der Waals surface area contributed by atoms with Crippen LogP contribution in [0.2, 0.25) is 0 Å². The van der Waals surface area contributed by atoms with Gasteiger partial charge in [-0.2, -0.15) is 0 Å². The van der Waals surface area contributed by atoms with E-state index in [2.05, 4.69) is 17.2 Å². The summed E-state index contributed by atoms with van der Waals surface area (Å²) in [6, 6.07) is 3.58. The van der Waals surface area contributed by atoms with Crippen LogP contribution in [-0.2, 0) is 9.53 Å². The van der Waals surface area contributed by atoms with Crippen LogP contribution in [0.5, 0.6) is 5.88 Å². The second-order valence-corrected chi connectivity index (χ2v) is 6.09. The molecule has 0 aromatic carbocycles. The number of hydrogen-bond acceptors (Lipinski definition) is 4. The molecule has 0 unspecified atom stereocenters. The molecule has 1 aliphatic carbocycles. The molecule has 0 radical (unpaired) electrons. The van der Waals surface area contributed by atoms with Gasteiger partial charge in [0.2, 0.25) is 5.88 Å². The molecule has 0 saturated heterocycles. The van der Waals surface area contributed by atoms with E-state index in [1.54, 1.807) is 19.4 Å². The maximum Gasteiger partial charge on any atom is 0.256 e. The highest BCUT2D eigenvalue weighted by Crippen LogP contribution is 2.35. The summed E-state index contributed by atoms with van der Waals surface area (Å²) in [6.45, 7) is 4.86. The van der Waals surface area contributed by atoms with Gasteiger partial charge in [0.05, 0.1) is 18.5 Å². The third-order valence-corrected chi connectivity index (χ3v) is 4.21. The molecule has 0 aliphatic heterocycles. The number of nitrogens with zero attached hydrogens (tertiary/aromatic N) is 1. The van der Waals surface area contributed by atoms with Gasteiger partial charge in [0.1, 0.15) is 5.60 Å². The van der Waals surface area contributed by atoms with E-state index in [4.69, 9.17) is 9.47 Å². The average molecular weight is 306 g/mol. The first-order valence-electron chi connectivity index (χ1n) is 8.05. The van der Waals surface area contributed by atoms with E-state index >= 15 is 0 Å². The number of ether oxygens (including phenoxy) is 2. The summed E-state index contributed by atoms with van der Waals surface area (Å²) in [5.41, 5.74) is -0.0433. The van der Waals surface area contributed by atoms with Gasteiger partial charge in [-0.1, -0.05) is 20.3 Å². The van der Waals surface area contributed by atoms with Crippen molar-refractivity contribution in [1.82, 2.24) is 4.98 Å². The molecule has 1 aliphatic rings. The minimum atomic E-state index is -0.713. The molecule has 1 heterocycles. The number of anilines is 1. The zero-order valence-corrected chi connectivity index (χ0v) is 13.7. The van der Waals surface area contributed by atoms with Gasteiger partial charge in [-0.25, -0.2) is 4.98 Å². The Kier molecular flexibility index (Phi) is 5.77. The molecule has 0 bridgehead atoms. The molecular weight excluding hydrogens is 280 g/mol. The minimum Gasteiger partial charge on any atom is -0.478 e. The van der Waals surface area contributed by atoms with Crippen LogP contribution in [0.15, 0.2) is 18.3 Å². The summed E-state index contributed by atoms with van der Waals surface area (Å²) in [5, 5.41) is 2.93. The lowest BCUT2D eigenvalue weighted by atomic mass is 9.78. The third-order valence-electron chi connectivity index (χ3n) is 4.21. The number of carbonyl (C=O) groups is 1. The maximum absolute atomic E-state index is 12.6. The SMILES string of the molecule is CCCOc1ccc(NC(=O)[C@]2(OC)CCC[C@H](C)C2)cn1. The van der Waals surface area contributed by atoms with E-state index in [-0.39, 0.29) is 5.91 Å². The van der Waals surface area contributed by atoms with Crippen LogP contribution < -0.4 is 10.1 Å². The van der Waals surface area contributed by atoms with Crippen molar-refractivity contribution < 1.29 is 14.3 Å². The van der Waals surface area contributed by atoms with E-state index < -0.39 is 5.60 Å². The molecule has 1 saturated carbocycles. The van der Waals surface area contributed by atoms with E-state index in [0.29, 0.717) is 24.1 Å². The average Bonchev–Trinajstić information content (AvgIpc) is 2.54. The van der Waals surface area contributed by atoms with Gasteiger partial charge in [0.15, 0.2) is 0 Å². The number of rotatable bonds is 6. The Hall–Kier alpha value is -1.62. The quantitative estimate of drug-likeness (QED) is 0.875. The van der Waals surface area contributed by atoms with Crippen LogP contribution in [0.1, 0.15) is 46.0 Å². The fraction of sp³-hybridized carbons (Fsp3) is 0.647. The van der Waals surface area contributed by atoms with Crippen LogP contribution in [0.4, 0.5) is 5.69 Å². The van der Waals surface area contributed by atoms with Gasteiger partial charge < -0.3 is 14.8 Å². The first kappa shape index (κ1) is 16.7. The predicted octanol–water partition coefficient (Wildman–Crippen LogP) is 3.40. The van der Waals surface area contributed by atoms with Crippen molar-refractivity contribution in [2.75, 3.05) is 19.0 Å². The van der Waals surface area contributed by atoms with Crippen LogP contribution in [0.25, 0.3) is 0 Å².